The number of hydrogen-bond donors (Lipinski definition) is 6. The predicted octanol–water partition coefficient (Wildman–Crippen LogP) is -1.57. The fourth-order valence-electron chi connectivity index (χ4n) is 1.90. The smallest absolute Gasteiger partial charge is 0.245 e. The van der Waals surface area contributed by atoms with E-state index in [-0.39, 0.29) is 13.2 Å². The van der Waals surface area contributed by atoms with Crippen LogP contribution in [0.1, 0.15) is 34.1 Å². The van der Waals surface area contributed by atoms with Gasteiger partial charge in [0.25, 0.3) is 0 Å². The SMILES string of the molecule is C.CC(=O)C(CCNP)NC(=O)C(NC(=O)C(N)CCNP)C(C)O. The molecule has 0 heterocycles. The quantitative estimate of drug-likeness (QED) is 0.218. The van der Waals surface area contributed by atoms with Gasteiger partial charge >= 0.3 is 0 Å². The highest BCUT2D eigenvalue weighted by Gasteiger charge is 2.29. The van der Waals surface area contributed by atoms with E-state index in [0.29, 0.717) is 25.9 Å². The molecule has 0 aromatic rings. The summed E-state index contributed by atoms with van der Waals surface area (Å²) in [6.07, 6.45) is -0.363. The second-order valence-electron chi connectivity index (χ2n) is 5.49. The Kier molecular flexibility index (Phi) is 15.4. The van der Waals surface area contributed by atoms with Gasteiger partial charge in [-0.25, -0.2) is 0 Å². The van der Waals surface area contributed by atoms with E-state index < -0.39 is 36.0 Å². The van der Waals surface area contributed by atoms with Gasteiger partial charge in [-0.05, 0) is 26.7 Å². The third kappa shape index (κ3) is 10.8. The number of aliphatic hydroxyl groups is 1. The summed E-state index contributed by atoms with van der Waals surface area (Å²) in [4.78, 5) is 35.9. The molecule has 0 aromatic carbocycles. The lowest BCUT2D eigenvalue weighted by Gasteiger charge is -2.25. The molecule has 0 bridgehead atoms. The molecule has 9 nitrogen and oxygen atoms in total. The molecule has 0 rings (SSSR count). The number of carbonyl (C=O) groups excluding carboxylic acids is 3. The average Bonchev–Trinajstić information content (AvgIpc) is 2.52. The molecule has 7 N–H and O–H groups in total. The monoisotopic (exact) mass is 397 g/mol. The van der Waals surface area contributed by atoms with Gasteiger partial charge in [-0.1, -0.05) is 26.2 Å². The number of nitrogens with two attached hydrogens (primary N) is 1. The van der Waals surface area contributed by atoms with Gasteiger partial charge in [0.15, 0.2) is 5.78 Å². The molecule has 0 aliphatic rings. The zero-order valence-electron chi connectivity index (χ0n) is 14.0. The minimum Gasteiger partial charge on any atom is -0.391 e. The van der Waals surface area contributed by atoms with Crippen LogP contribution < -0.4 is 26.5 Å². The van der Waals surface area contributed by atoms with Crippen LogP contribution in [-0.2, 0) is 14.4 Å². The summed E-state index contributed by atoms with van der Waals surface area (Å²) in [7, 11) is 4.61. The van der Waals surface area contributed by atoms with Crippen LogP contribution in [-0.4, -0.2) is 60.0 Å². The molecule has 0 aliphatic carbocycles. The van der Waals surface area contributed by atoms with Crippen molar-refractivity contribution in [2.24, 2.45) is 5.73 Å². The van der Waals surface area contributed by atoms with Gasteiger partial charge < -0.3 is 31.6 Å². The van der Waals surface area contributed by atoms with Crippen LogP contribution in [0.5, 0.6) is 0 Å². The minimum absolute atomic E-state index is 0. The number of Topliss-reactive ketones (excluding diaryl/α,β-unsaturated/α-hetero) is 1. The van der Waals surface area contributed by atoms with E-state index in [0.717, 1.165) is 0 Å². The molecule has 2 amide bonds. The fraction of sp³-hybridized carbons (Fsp3) is 0.786. The molecule has 0 fully saturated rings. The Balaban J connectivity index is 0. The van der Waals surface area contributed by atoms with Crippen LogP contribution in [0.2, 0.25) is 0 Å². The molecule has 0 aromatic heterocycles. The third-order valence-electron chi connectivity index (χ3n) is 3.38. The molecule has 0 radical (unpaired) electrons. The molecule has 6 atom stereocenters. The first-order valence-electron chi connectivity index (χ1n) is 7.66. The van der Waals surface area contributed by atoms with Crippen LogP contribution >= 0.6 is 18.8 Å². The molecule has 0 spiro atoms. The zero-order valence-corrected chi connectivity index (χ0v) is 16.4. The summed E-state index contributed by atoms with van der Waals surface area (Å²) in [5, 5.41) is 20.4. The minimum atomic E-state index is -1.18. The van der Waals surface area contributed by atoms with Gasteiger partial charge in [-0.3, -0.25) is 14.4 Å². The van der Waals surface area contributed by atoms with Crippen molar-refractivity contribution in [1.82, 2.24) is 20.8 Å². The van der Waals surface area contributed by atoms with Gasteiger partial charge in [0.05, 0.1) is 18.2 Å². The molecular weight excluding hydrogens is 364 g/mol. The first kappa shape index (κ1) is 26.5. The Labute approximate surface area is 154 Å². The molecule has 25 heavy (non-hydrogen) atoms. The van der Waals surface area contributed by atoms with Crippen molar-refractivity contribution < 1.29 is 19.5 Å². The second kappa shape index (κ2) is 14.5. The molecule has 0 saturated carbocycles. The highest BCUT2D eigenvalue weighted by molar-refractivity contribution is 7.13. The number of hydrogen-bond acceptors (Lipinski definition) is 7. The fourth-order valence-corrected chi connectivity index (χ4v) is 2.24. The maximum atomic E-state index is 12.3. The third-order valence-corrected chi connectivity index (χ3v) is 3.96. The van der Waals surface area contributed by atoms with Crippen LogP contribution in [0.4, 0.5) is 0 Å². The van der Waals surface area contributed by atoms with E-state index in [1.54, 1.807) is 0 Å². The van der Waals surface area contributed by atoms with E-state index >= 15 is 0 Å². The van der Waals surface area contributed by atoms with Gasteiger partial charge in [0.1, 0.15) is 6.04 Å². The van der Waals surface area contributed by atoms with E-state index in [4.69, 9.17) is 5.73 Å². The summed E-state index contributed by atoms with van der Waals surface area (Å²) in [5.74, 6) is -1.37. The number of ketones is 1. The molecule has 0 saturated heterocycles. The maximum absolute atomic E-state index is 12.3. The van der Waals surface area contributed by atoms with Crippen molar-refractivity contribution in [2.45, 2.75) is 58.3 Å². The predicted molar refractivity (Wildman–Crippen MR) is 106 cm³/mol. The van der Waals surface area contributed by atoms with Crippen LogP contribution in [0.25, 0.3) is 0 Å². The molecule has 11 heteroatoms. The van der Waals surface area contributed by atoms with Crippen molar-refractivity contribution >= 4 is 36.4 Å². The number of carbonyl (C=O) groups is 3. The Bertz CT molecular complexity index is 426. The standard InChI is InChI=1S/C13H29N5O4P2.CH4/c1-7(19)10(4-6-16-24)17-13(22)11(8(2)20)18-12(21)9(14)3-5-15-23;/h8-11,15-16,20H,3-6,14,23-24H2,1-2H3,(H,17,22)(H,18,21);1H4. The second-order valence-corrected chi connectivity index (χ2v) is 6.31. The normalized spacial score (nSPS) is 15.3. The first-order chi connectivity index (χ1) is 11.2. The summed E-state index contributed by atoms with van der Waals surface area (Å²) < 4.78 is 0. The molecule has 0 aliphatic heterocycles. The summed E-state index contributed by atoms with van der Waals surface area (Å²) in [5.41, 5.74) is 5.73. The van der Waals surface area contributed by atoms with Crippen molar-refractivity contribution in [1.29, 1.82) is 0 Å². The van der Waals surface area contributed by atoms with Gasteiger partial charge in [0, 0.05) is 13.1 Å². The molecular formula is C14H33N5O4P2. The van der Waals surface area contributed by atoms with Gasteiger partial charge in [-0.2, -0.15) is 0 Å². The summed E-state index contributed by atoms with van der Waals surface area (Å²) in [6, 6.07) is -2.69. The Morgan fingerprint density at radius 3 is 2.00 bits per heavy atom. The number of rotatable bonds is 12. The van der Waals surface area contributed by atoms with E-state index in [2.05, 4.69) is 39.6 Å². The Morgan fingerprint density at radius 1 is 1.04 bits per heavy atom. The lowest BCUT2D eigenvalue weighted by molar-refractivity contribution is -0.134. The van der Waals surface area contributed by atoms with E-state index in [9.17, 15) is 19.5 Å². The van der Waals surface area contributed by atoms with Crippen molar-refractivity contribution in [3.8, 4) is 0 Å². The summed E-state index contributed by atoms with van der Waals surface area (Å²) in [6.45, 7) is 3.77. The highest BCUT2D eigenvalue weighted by atomic mass is 31.0. The Morgan fingerprint density at radius 2 is 1.56 bits per heavy atom. The molecule has 6 unspecified atom stereocenters. The number of aliphatic hydroxyl groups excluding tert-OH is 1. The van der Waals surface area contributed by atoms with Gasteiger partial charge in [-0.15, -0.1) is 0 Å². The first-order valence-corrected chi connectivity index (χ1v) is 8.81. The van der Waals surface area contributed by atoms with Crippen molar-refractivity contribution in [2.75, 3.05) is 13.1 Å². The van der Waals surface area contributed by atoms with Crippen LogP contribution in [0.15, 0.2) is 0 Å². The van der Waals surface area contributed by atoms with Crippen molar-refractivity contribution in [3.05, 3.63) is 0 Å². The van der Waals surface area contributed by atoms with Crippen LogP contribution in [0.3, 0.4) is 0 Å². The molecule has 148 valence electrons. The van der Waals surface area contributed by atoms with Gasteiger partial charge in [0.2, 0.25) is 11.8 Å². The van der Waals surface area contributed by atoms with E-state index in [1.165, 1.54) is 13.8 Å². The van der Waals surface area contributed by atoms with Crippen molar-refractivity contribution in [3.63, 3.8) is 0 Å². The lowest BCUT2D eigenvalue weighted by Crippen LogP contribution is -2.58. The number of amides is 2. The topological polar surface area (TPSA) is 146 Å². The summed E-state index contributed by atoms with van der Waals surface area (Å²) >= 11 is 0. The Hall–Kier alpha value is -0.690. The van der Waals surface area contributed by atoms with Crippen LogP contribution in [0, 0.1) is 0 Å². The largest absolute Gasteiger partial charge is 0.391 e. The van der Waals surface area contributed by atoms with E-state index in [1.807, 2.05) is 0 Å². The zero-order chi connectivity index (χ0) is 18.7. The average molecular weight is 397 g/mol. The number of nitrogens with one attached hydrogen (secondary N) is 4. The highest BCUT2D eigenvalue weighted by Crippen LogP contribution is 2.00. The maximum Gasteiger partial charge on any atom is 0.245 e. The lowest BCUT2D eigenvalue weighted by atomic mass is 10.1.